The van der Waals surface area contributed by atoms with E-state index in [-0.39, 0.29) is 12.3 Å². The molecule has 0 spiro atoms. The molecule has 2 N–H and O–H groups in total. The van der Waals surface area contributed by atoms with Gasteiger partial charge in [-0.25, -0.2) is 9.44 Å². The van der Waals surface area contributed by atoms with Gasteiger partial charge in [0.1, 0.15) is 11.5 Å². The van der Waals surface area contributed by atoms with Crippen LogP contribution in [0.1, 0.15) is 47.2 Å². The molecule has 2 amide bonds. The van der Waals surface area contributed by atoms with Crippen molar-refractivity contribution in [3.63, 3.8) is 0 Å². The molecule has 2 rings (SSSR count). The largest absolute Gasteiger partial charge is 0.496 e. The zero-order chi connectivity index (χ0) is 25.8. The predicted molar refractivity (Wildman–Crippen MR) is 135 cm³/mol. The molecule has 0 atom stereocenters. The first-order valence-corrected chi connectivity index (χ1v) is 13.0. The summed E-state index contributed by atoms with van der Waals surface area (Å²) in [4.78, 5) is 27.1. The van der Waals surface area contributed by atoms with Crippen LogP contribution in [-0.2, 0) is 21.4 Å². The molecule has 0 fully saturated rings. The molecule has 0 bridgehead atoms. The van der Waals surface area contributed by atoms with Crippen LogP contribution in [0.5, 0.6) is 11.5 Å². The van der Waals surface area contributed by atoms with Crippen LogP contribution in [-0.4, -0.2) is 59.5 Å². The van der Waals surface area contributed by atoms with E-state index in [2.05, 4.69) is 12.1 Å². The van der Waals surface area contributed by atoms with Crippen molar-refractivity contribution < 1.29 is 27.5 Å². The number of carbonyl (C=O) groups excluding carboxylic acids is 2. The monoisotopic (exact) mass is 505 g/mol. The van der Waals surface area contributed by atoms with E-state index in [9.17, 15) is 18.0 Å². The summed E-state index contributed by atoms with van der Waals surface area (Å²) in [5.41, 5.74) is 2.47. The number of rotatable bonds is 14. The highest BCUT2D eigenvalue weighted by Gasteiger charge is 2.20. The number of hydrogen-bond acceptors (Lipinski definition) is 6. The zero-order valence-electron chi connectivity index (χ0n) is 20.8. The van der Waals surface area contributed by atoms with E-state index in [4.69, 9.17) is 9.47 Å². The first-order chi connectivity index (χ1) is 16.7. The van der Waals surface area contributed by atoms with E-state index in [1.807, 2.05) is 34.6 Å². The highest BCUT2D eigenvalue weighted by atomic mass is 32.2. The normalized spacial score (nSPS) is 11.1. The van der Waals surface area contributed by atoms with E-state index >= 15 is 0 Å². The Balaban J connectivity index is 2.08. The van der Waals surface area contributed by atoms with Gasteiger partial charge in [0.05, 0.1) is 14.2 Å². The summed E-state index contributed by atoms with van der Waals surface area (Å²) in [6, 6.07) is 13.5. The van der Waals surface area contributed by atoms with Gasteiger partial charge in [-0.3, -0.25) is 9.59 Å². The Morgan fingerprint density at radius 1 is 0.943 bits per heavy atom. The van der Waals surface area contributed by atoms with Crippen molar-refractivity contribution in [2.45, 2.75) is 39.0 Å². The number of nitrogens with one attached hydrogen (secondary N) is 2. The molecule has 2 aromatic carbocycles. The topological polar surface area (TPSA) is 114 Å². The Morgan fingerprint density at radius 3 is 2.11 bits per heavy atom. The maximum Gasteiger partial charge on any atom is 0.301 e. The fraction of sp³-hybridized carbons (Fsp3) is 0.440. The predicted octanol–water partition coefficient (Wildman–Crippen LogP) is 2.84. The van der Waals surface area contributed by atoms with Crippen molar-refractivity contribution in [1.29, 1.82) is 0 Å². The maximum atomic E-state index is 13.4. The number of amides is 2. The average Bonchev–Trinajstić information content (AvgIpc) is 2.85. The van der Waals surface area contributed by atoms with Crippen molar-refractivity contribution >= 4 is 22.0 Å². The molecular formula is C25H35N3O6S. The van der Waals surface area contributed by atoms with Gasteiger partial charge < -0.3 is 14.4 Å². The van der Waals surface area contributed by atoms with E-state index in [1.54, 1.807) is 31.3 Å². The highest BCUT2D eigenvalue weighted by molar-refractivity contribution is 7.88. The van der Waals surface area contributed by atoms with Crippen molar-refractivity contribution in [1.82, 2.24) is 14.3 Å². The lowest BCUT2D eigenvalue weighted by Gasteiger charge is -2.24. The van der Waals surface area contributed by atoms with Crippen LogP contribution in [0.25, 0.3) is 0 Å². The van der Waals surface area contributed by atoms with Gasteiger partial charge in [-0.2, -0.15) is 8.42 Å². The van der Waals surface area contributed by atoms with Crippen LogP contribution >= 0.6 is 0 Å². The van der Waals surface area contributed by atoms with Gasteiger partial charge in [-0.05, 0) is 50.3 Å². The average molecular weight is 506 g/mol. The van der Waals surface area contributed by atoms with Gasteiger partial charge in [0, 0.05) is 37.7 Å². The number of nitrogens with zero attached hydrogens (tertiary/aromatic N) is 1. The van der Waals surface area contributed by atoms with Crippen LogP contribution in [0, 0.1) is 6.92 Å². The zero-order valence-corrected chi connectivity index (χ0v) is 21.6. The molecule has 0 saturated heterocycles. The molecular weight excluding hydrogens is 470 g/mol. The minimum atomic E-state index is -3.81. The number of unbranched alkanes of at least 4 members (excludes halogenated alkanes) is 1. The fourth-order valence-corrected chi connectivity index (χ4v) is 4.17. The van der Waals surface area contributed by atoms with E-state index in [0.29, 0.717) is 43.0 Å². The van der Waals surface area contributed by atoms with E-state index in [0.717, 1.165) is 18.4 Å². The Kier molecular flexibility index (Phi) is 11.0. The lowest BCUT2D eigenvalue weighted by atomic mass is 10.1. The van der Waals surface area contributed by atoms with Crippen LogP contribution in [0.4, 0.5) is 0 Å². The number of aryl methyl sites for hydroxylation is 1. The second-order valence-electron chi connectivity index (χ2n) is 8.08. The number of carbonyl (C=O) groups is 2. The molecule has 2 aromatic rings. The molecule has 192 valence electrons. The lowest BCUT2D eigenvalue weighted by Crippen LogP contribution is -2.38. The summed E-state index contributed by atoms with van der Waals surface area (Å²) in [5.74, 6) is 0.393. The van der Waals surface area contributed by atoms with Crippen molar-refractivity contribution in [2.24, 2.45) is 0 Å². The minimum absolute atomic E-state index is 0.0408. The molecule has 0 aromatic heterocycles. The van der Waals surface area contributed by atoms with Crippen LogP contribution < -0.4 is 18.9 Å². The summed E-state index contributed by atoms with van der Waals surface area (Å²) in [5, 5.41) is 0. The number of hydrogen-bond donors (Lipinski definition) is 2. The molecule has 0 unspecified atom stereocenters. The van der Waals surface area contributed by atoms with Gasteiger partial charge in [0.25, 0.3) is 5.91 Å². The van der Waals surface area contributed by atoms with Crippen molar-refractivity contribution in [3.05, 3.63) is 59.2 Å². The Hall–Kier alpha value is -3.11. The molecule has 0 saturated carbocycles. The maximum absolute atomic E-state index is 13.4. The molecule has 0 heterocycles. The Morgan fingerprint density at radius 2 is 1.54 bits per heavy atom. The summed E-state index contributed by atoms with van der Waals surface area (Å²) >= 11 is 0. The van der Waals surface area contributed by atoms with E-state index < -0.39 is 16.1 Å². The van der Waals surface area contributed by atoms with Crippen molar-refractivity contribution in [3.8, 4) is 11.5 Å². The highest BCUT2D eigenvalue weighted by Crippen LogP contribution is 2.30. The second-order valence-corrected chi connectivity index (χ2v) is 9.70. The SMILES string of the molecule is CNS(=O)(=O)NC(=O)CCCCN(CCCc1ccccc1)C(=O)c1cc(OC)c(C)c(OC)c1. The number of ether oxygens (including phenoxy) is 2. The second kappa shape index (κ2) is 13.7. The first kappa shape index (κ1) is 28.1. The van der Waals surface area contributed by atoms with Crippen LogP contribution in [0.15, 0.2) is 42.5 Å². The smallest absolute Gasteiger partial charge is 0.301 e. The summed E-state index contributed by atoms with van der Waals surface area (Å²) < 4.78 is 37.7. The van der Waals surface area contributed by atoms with Crippen molar-refractivity contribution in [2.75, 3.05) is 34.4 Å². The molecule has 0 aliphatic heterocycles. The molecule has 0 radical (unpaired) electrons. The summed E-state index contributed by atoms with van der Waals surface area (Å²) in [6.07, 6.45) is 2.63. The third-order valence-electron chi connectivity index (χ3n) is 5.62. The standard InChI is InChI=1S/C25H35N3O6S/c1-19-22(33-3)17-21(18-23(19)34-4)25(30)28(16-10-13-20-11-6-5-7-12-20)15-9-8-14-24(29)27-35(31,32)26-2/h5-7,11-12,17-18,26H,8-10,13-16H2,1-4H3,(H,27,29). The van der Waals surface area contributed by atoms with Crippen LogP contribution in [0.2, 0.25) is 0 Å². The van der Waals surface area contributed by atoms with Gasteiger partial charge in [0.15, 0.2) is 0 Å². The quantitative estimate of drug-likeness (QED) is 0.382. The third-order valence-corrected chi connectivity index (χ3v) is 6.66. The van der Waals surface area contributed by atoms with Gasteiger partial charge in [0.2, 0.25) is 5.91 Å². The van der Waals surface area contributed by atoms with Gasteiger partial charge in [-0.1, -0.05) is 30.3 Å². The Labute approximate surface area is 208 Å². The molecule has 10 heteroatoms. The summed E-state index contributed by atoms with van der Waals surface area (Å²) in [6.45, 7) is 2.83. The van der Waals surface area contributed by atoms with Crippen LogP contribution in [0.3, 0.4) is 0 Å². The molecule has 9 nitrogen and oxygen atoms in total. The number of methoxy groups -OCH3 is 2. The fourth-order valence-electron chi connectivity index (χ4n) is 3.67. The third kappa shape index (κ3) is 8.88. The lowest BCUT2D eigenvalue weighted by molar-refractivity contribution is -0.119. The van der Waals surface area contributed by atoms with E-state index in [1.165, 1.54) is 12.6 Å². The van der Waals surface area contributed by atoms with Gasteiger partial charge in [-0.15, -0.1) is 0 Å². The first-order valence-electron chi connectivity index (χ1n) is 11.5. The molecule has 0 aliphatic rings. The van der Waals surface area contributed by atoms with Gasteiger partial charge >= 0.3 is 10.2 Å². The minimum Gasteiger partial charge on any atom is -0.496 e. The molecule has 35 heavy (non-hydrogen) atoms. The Bertz CT molecular complexity index is 1060. The number of benzene rings is 2. The molecule has 0 aliphatic carbocycles. The summed E-state index contributed by atoms with van der Waals surface area (Å²) in [7, 11) is 0.508.